The Morgan fingerprint density at radius 3 is 2.47 bits per heavy atom. The Morgan fingerprint density at radius 2 is 1.76 bits per heavy atom. The molecule has 1 aliphatic rings. The topological polar surface area (TPSA) is 102 Å². The van der Waals surface area contributed by atoms with E-state index >= 15 is 0 Å². The van der Waals surface area contributed by atoms with Crippen molar-refractivity contribution < 1.29 is 23.1 Å². The van der Waals surface area contributed by atoms with Crippen LogP contribution in [-0.4, -0.2) is 50.2 Å². The van der Waals surface area contributed by atoms with E-state index in [4.69, 9.17) is 4.74 Å². The summed E-state index contributed by atoms with van der Waals surface area (Å²) >= 11 is 2.68. The van der Waals surface area contributed by atoms with Crippen LogP contribution in [-0.2, 0) is 11.3 Å². The van der Waals surface area contributed by atoms with Gasteiger partial charge in [0, 0.05) is 17.7 Å². The summed E-state index contributed by atoms with van der Waals surface area (Å²) in [4.78, 5) is 27.5. The number of ether oxygens (including phenoxy) is 1. The fraction of sp³-hybridized carbons (Fsp3) is 0.156. The number of rotatable bonds is 10. The van der Waals surface area contributed by atoms with Crippen molar-refractivity contribution in [2.45, 2.75) is 24.2 Å². The molecule has 0 spiro atoms. The van der Waals surface area contributed by atoms with Gasteiger partial charge in [-0.1, -0.05) is 36.0 Å². The number of nitrogens with zero attached hydrogens (tertiary/aromatic N) is 5. The average molecular weight is 645 g/mol. The summed E-state index contributed by atoms with van der Waals surface area (Å²) in [6.45, 7) is 0.0160. The number of methoxy groups -OCH3 is 1. The van der Waals surface area contributed by atoms with Gasteiger partial charge in [0.1, 0.15) is 17.4 Å². The van der Waals surface area contributed by atoms with Crippen molar-refractivity contribution in [3.05, 3.63) is 124 Å². The Bertz CT molecular complexity index is 1840. The first-order chi connectivity index (χ1) is 21.9. The molecule has 45 heavy (non-hydrogen) atoms. The van der Waals surface area contributed by atoms with Gasteiger partial charge >= 0.3 is 0 Å². The van der Waals surface area contributed by atoms with Gasteiger partial charge in [-0.25, -0.2) is 13.8 Å². The molecule has 0 saturated carbocycles. The van der Waals surface area contributed by atoms with E-state index in [1.54, 1.807) is 53.1 Å². The Kier molecular flexibility index (Phi) is 8.98. The van der Waals surface area contributed by atoms with Crippen LogP contribution in [0.2, 0.25) is 0 Å². The maximum Gasteiger partial charge on any atom is 0.253 e. The lowest BCUT2D eigenvalue weighted by molar-refractivity contribution is -0.130. The minimum Gasteiger partial charge on any atom is -0.497 e. The number of aromatic nitrogens is 3. The minimum absolute atomic E-state index is 0.0160. The molecule has 0 radical (unpaired) electrons. The molecule has 228 valence electrons. The molecular weight excluding hydrogens is 619 g/mol. The first-order valence-corrected chi connectivity index (χ1v) is 15.7. The standard InChI is InChI=1S/C32H26F2N6O3S2/c1-43-25-5-2-4-21(16-25)31(42)35-18-29-36-37-32(39(29)24-13-11-23(34)12-14-24)45-19-30(41)40-27(20-7-9-22(33)10-8-20)17-26(38-40)28-6-3-15-44-28/h2-16,27H,17-19H2,1H3,(H,35,42)/t27-/m1/s1. The maximum atomic E-state index is 13.8. The van der Waals surface area contributed by atoms with Crippen molar-refractivity contribution in [3.8, 4) is 11.4 Å². The number of thiophene rings is 1. The molecule has 1 N–H and O–H groups in total. The third-order valence-corrected chi connectivity index (χ3v) is 8.91. The van der Waals surface area contributed by atoms with Crippen molar-refractivity contribution >= 4 is 40.6 Å². The molecule has 0 unspecified atom stereocenters. The molecule has 0 bridgehead atoms. The van der Waals surface area contributed by atoms with Gasteiger partial charge in [-0.05, 0) is 71.6 Å². The molecule has 2 amide bonds. The number of amides is 2. The molecule has 6 rings (SSSR count). The number of hydrogen-bond acceptors (Lipinski definition) is 8. The summed E-state index contributed by atoms with van der Waals surface area (Å²) in [7, 11) is 1.52. The molecule has 3 aromatic carbocycles. The summed E-state index contributed by atoms with van der Waals surface area (Å²) in [5, 5.41) is 19.9. The number of hydrogen-bond donors (Lipinski definition) is 1. The smallest absolute Gasteiger partial charge is 0.253 e. The van der Waals surface area contributed by atoms with E-state index in [0.717, 1.165) is 27.9 Å². The van der Waals surface area contributed by atoms with Crippen LogP contribution < -0.4 is 10.1 Å². The van der Waals surface area contributed by atoms with Gasteiger partial charge in [0.25, 0.3) is 11.8 Å². The second kappa shape index (κ2) is 13.4. The molecule has 1 aliphatic heterocycles. The van der Waals surface area contributed by atoms with Gasteiger partial charge < -0.3 is 10.1 Å². The zero-order valence-corrected chi connectivity index (χ0v) is 25.5. The van der Waals surface area contributed by atoms with Gasteiger partial charge in [-0.3, -0.25) is 14.2 Å². The first-order valence-electron chi connectivity index (χ1n) is 13.8. The van der Waals surface area contributed by atoms with Crippen LogP contribution in [0.15, 0.2) is 101 Å². The van der Waals surface area contributed by atoms with Crippen molar-refractivity contribution in [1.29, 1.82) is 0 Å². The van der Waals surface area contributed by atoms with Crippen molar-refractivity contribution in [1.82, 2.24) is 25.1 Å². The molecule has 5 aromatic rings. The number of carbonyl (C=O) groups is 2. The molecule has 0 aliphatic carbocycles. The van der Waals surface area contributed by atoms with E-state index < -0.39 is 11.9 Å². The predicted molar refractivity (Wildman–Crippen MR) is 168 cm³/mol. The molecule has 1 atom stereocenters. The molecule has 0 saturated heterocycles. The van der Waals surface area contributed by atoms with E-state index in [-0.39, 0.29) is 29.9 Å². The average Bonchev–Trinajstić information content (AvgIpc) is 3.84. The Labute approximate surface area is 265 Å². The number of halogens is 2. The van der Waals surface area contributed by atoms with E-state index in [1.165, 1.54) is 47.7 Å². The van der Waals surface area contributed by atoms with Gasteiger partial charge in [-0.2, -0.15) is 5.10 Å². The normalized spacial score (nSPS) is 14.3. The largest absolute Gasteiger partial charge is 0.497 e. The highest BCUT2D eigenvalue weighted by Crippen LogP contribution is 2.35. The van der Waals surface area contributed by atoms with Crippen LogP contribution in [0.4, 0.5) is 8.78 Å². The van der Waals surface area contributed by atoms with E-state index in [1.807, 2.05) is 17.5 Å². The molecule has 2 aromatic heterocycles. The predicted octanol–water partition coefficient (Wildman–Crippen LogP) is 6.02. The molecule has 9 nitrogen and oxygen atoms in total. The van der Waals surface area contributed by atoms with E-state index in [2.05, 4.69) is 20.6 Å². The van der Waals surface area contributed by atoms with Crippen LogP contribution in [0.3, 0.4) is 0 Å². The Hall–Kier alpha value is -4.88. The molecule has 0 fully saturated rings. The van der Waals surface area contributed by atoms with E-state index in [9.17, 15) is 18.4 Å². The van der Waals surface area contributed by atoms with Crippen LogP contribution in [0.1, 0.15) is 39.1 Å². The number of carbonyl (C=O) groups excluding carboxylic acids is 2. The lowest BCUT2D eigenvalue weighted by atomic mass is 10.0. The number of hydrazone groups is 1. The third kappa shape index (κ3) is 6.79. The quantitative estimate of drug-likeness (QED) is 0.187. The van der Waals surface area contributed by atoms with Crippen LogP contribution in [0.5, 0.6) is 5.75 Å². The third-order valence-electron chi connectivity index (χ3n) is 7.08. The van der Waals surface area contributed by atoms with Gasteiger partial charge in [0.05, 0.1) is 36.0 Å². The Balaban J connectivity index is 1.23. The fourth-order valence-corrected chi connectivity index (χ4v) is 6.40. The monoisotopic (exact) mass is 644 g/mol. The van der Waals surface area contributed by atoms with Crippen LogP contribution >= 0.6 is 23.1 Å². The highest BCUT2D eigenvalue weighted by Gasteiger charge is 2.33. The molecular formula is C32H26F2N6O3S2. The summed E-state index contributed by atoms with van der Waals surface area (Å²) in [6, 6.07) is 22.1. The highest BCUT2D eigenvalue weighted by atomic mass is 32.2. The number of thioether (sulfide) groups is 1. The zero-order valence-electron chi connectivity index (χ0n) is 23.9. The van der Waals surface area contributed by atoms with Crippen molar-refractivity contribution in [2.24, 2.45) is 5.10 Å². The Morgan fingerprint density at radius 1 is 1.00 bits per heavy atom. The second-order valence-electron chi connectivity index (χ2n) is 9.95. The summed E-state index contributed by atoms with van der Waals surface area (Å²) in [6.07, 6.45) is 0.492. The molecule has 13 heteroatoms. The van der Waals surface area contributed by atoms with Crippen LogP contribution in [0.25, 0.3) is 5.69 Å². The second-order valence-corrected chi connectivity index (χ2v) is 11.8. The highest BCUT2D eigenvalue weighted by molar-refractivity contribution is 7.99. The number of benzene rings is 3. The SMILES string of the molecule is COc1cccc(C(=O)NCc2nnc(SCC(=O)N3N=C(c4cccs4)C[C@@H]3c3ccc(F)cc3)n2-c2ccc(F)cc2)c1. The molecule has 3 heterocycles. The summed E-state index contributed by atoms with van der Waals surface area (Å²) in [5.41, 5.74) is 2.52. The van der Waals surface area contributed by atoms with Gasteiger partial charge in [0.15, 0.2) is 11.0 Å². The van der Waals surface area contributed by atoms with Crippen LogP contribution in [0, 0.1) is 11.6 Å². The maximum absolute atomic E-state index is 13.8. The lowest BCUT2D eigenvalue weighted by Gasteiger charge is -2.22. The number of nitrogens with one attached hydrogen (secondary N) is 1. The lowest BCUT2D eigenvalue weighted by Crippen LogP contribution is -2.28. The summed E-state index contributed by atoms with van der Waals surface area (Å²) in [5.74, 6) is -0.489. The minimum atomic E-state index is -0.413. The van der Waals surface area contributed by atoms with E-state index in [0.29, 0.717) is 34.4 Å². The van der Waals surface area contributed by atoms with Gasteiger partial charge in [-0.15, -0.1) is 21.5 Å². The zero-order chi connectivity index (χ0) is 31.3. The first kappa shape index (κ1) is 30.2. The van der Waals surface area contributed by atoms with Crippen molar-refractivity contribution in [3.63, 3.8) is 0 Å². The fourth-order valence-electron chi connectivity index (χ4n) is 4.85. The summed E-state index contributed by atoms with van der Waals surface area (Å²) < 4.78 is 34.4. The van der Waals surface area contributed by atoms with Crippen molar-refractivity contribution in [2.75, 3.05) is 12.9 Å². The van der Waals surface area contributed by atoms with Gasteiger partial charge in [0.2, 0.25) is 0 Å².